The zero-order valence-corrected chi connectivity index (χ0v) is 19.6. The molecule has 0 aromatic carbocycles. The zero-order chi connectivity index (χ0) is 21.2. The fourth-order valence-corrected chi connectivity index (χ4v) is 6.25. The number of allylic oxidation sites excluding steroid dienone is 6. The lowest BCUT2D eigenvalue weighted by Gasteiger charge is -2.44. The van der Waals surface area contributed by atoms with Gasteiger partial charge in [0.05, 0.1) is 6.10 Å². The number of hydrogen-bond donors (Lipinski definition) is 1. The second-order valence-corrected chi connectivity index (χ2v) is 10.9. The van der Waals surface area contributed by atoms with Gasteiger partial charge in [-0.15, -0.1) is 0 Å². The summed E-state index contributed by atoms with van der Waals surface area (Å²) in [6.45, 7) is 16.3. The Bertz CT molecular complexity index is 678. The highest BCUT2D eigenvalue weighted by Crippen LogP contribution is 2.59. The molecule has 162 valence electrons. The lowest BCUT2D eigenvalue weighted by Crippen LogP contribution is -2.35. The molecule has 1 heteroatoms. The molecule has 3 saturated carbocycles. The van der Waals surface area contributed by atoms with E-state index in [-0.39, 0.29) is 6.10 Å². The molecule has 3 unspecified atom stereocenters. The van der Waals surface area contributed by atoms with Crippen molar-refractivity contribution >= 4 is 0 Å². The van der Waals surface area contributed by atoms with Crippen molar-refractivity contribution in [3.63, 3.8) is 0 Å². The third-order valence-corrected chi connectivity index (χ3v) is 8.63. The summed E-state index contributed by atoms with van der Waals surface area (Å²) in [4.78, 5) is 0. The molecule has 0 amide bonds. The molecule has 6 atom stereocenters. The second-order valence-electron chi connectivity index (χ2n) is 10.9. The Morgan fingerprint density at radius 1 is 1.03 bits per heavy atom. The highest BCUT2D eigenvalue weighted by atomic mass is 16.3. The molecule has 0 aromatic heterocycles. The van der Waals surface area contributed by atoms with Gasteiger partial charge >= 0.3 is 0 Å². The summed E-state index contributed by atoms with van der Waals surface area (Å²) >= 11 is 0. The summed E-state index contributed by atoms with van der Waals surface area (Å²) < 4.78 is 0. The quantitative estimate of drug-likeness (QED) is 0.473. The predicted molar refractivity (Wildman–Crippen MR) is 126 cm³/mol. The first-order valence-electron chi connectivity index (χ1n) is 12.2. The Morgan fingerprint density at radius 3 is 2.52 bits per heavy atom. The van der Waals surface area contributed by atoms with Crippen LogP contribution in [0.5, 0.6) is 0 Å². The van der Waals surface area contributed by atoms with Crippen LogP contribution in [-0.2, 0) is 0 Å². The molecule has 1 N–H and O–H groups in total. The number of hydrogen-bond acceptors (Lipinski definition) is 1. The Balaban J connectivity index is 1.75. The largest absolute Gasteiger partial charge is 0.393 e. The fraction of sp³-hybridized carbons (Fsp3) is 0.714. The topological polar surface area (TPSA) is 20.2 Å². The molecule has 29 heavy (non-hydrogen) atoms. The van der Waals surface area contributed by atoms with Crippen LogP contribution in [-0.4, -0.2) is 11.2 Å². The third-order valence-electron chi connectivity index (χ3n) is 8.63. The van der Waals surface area contributed by atoms with E-state index in [0.717, 1.165) is 37.0 Å². The minimum absolute atomic E-state index is 0.182. The molecule has 0 saturated heterocycles. The van der Waals surface area contributed by atoms with E-state index in [1.807, 2.05) is 0 Å². The summed E-state index contributed by atoms with van der Waals surface area (Å²) in [7, 11) is 0. The van der Waals surface area contributed by atoms with E-state index < -0.39 is 0 Å². The van der Waals surface area contributed by atoms with E-state index >= 15 is 0 Å². The van der Waals surface area contributed by atoms with Gasteiger partial charge in [0.1, 0.15) is 0 Å². The summed E-state index contributed by atoms with van der Waals surface area (Å²) in [5.74, 6) is 3.58. The van der Waals surface area contributed by atoms with E-state index in [2.05, 4.69) is 65.5 Å². The molecule has 0 bridgehead atoms. The molecule has 0 aromatic rings. The van der Waals surface area contributed by atoms with Crippen LogP contribution < -0.4 is 0 Å². The summed E-state index contributed by atoms with van der Waals surface area (Å²) in [5.41, 5.74) is 4.61. The molecule has 3 aliphatic rings. The first kappa shape index (κ1) is 22.6. The van der Waals surface area contributed by atoms with Crippen LogP contribution in [0.25, 0.3) is 0 Å². The Morgan fingerprint density at radius 2 is 1.79 bits per heavy atom. The first-order valence-corrected chi connectivity index (χ1v) is 12.2. The van der Waals surface area contributed by atoms with Crippen molar-refractivity contribution in [1.29, 1.82) is 0 Å². The van der Waals surface area contributed by atoms with Gasteiger partial charge in [-0.25, -0.2) is 0 Å². The first-order chi connectivity index (χ1) is 13.7. The summed E-state index contributed by atoms with van der Waals surface area (Å²) in [6.07, 6.45) is 18.8. The van der Waals surface area contributed by atoms with Crippen molar-refractivity contribution < 1.29 is 5.11 Å². The van der Waals surface area contributed by atoms with Crippen molar-refractivity contribution in [3.8, 4) is 0 Å². The number of aliphatic hydroxyl groups is 1. The molecular weight excluding hydrogens is 352 g/mol. The van der Waals surface area contributed by atoms with E-state index in [4.69, 9.17) is 0 Å². The maximum atomic E-state index is 10.0. The van der Waals surface area contributed by atoms with Gasteiger partial charge in [0.2, 0.25) is 0 Å². The number of rotatable bonds is 5. The van der Waals surface area contributed by atoms with Crippen molar-refractivity contribution in [3.05, 3.63) is 47.6 Å². The molecule has 0 heterocycles. The monoisotopic (exact) mass is 396 g/mol. The Labute approximate surface area is 180 Å². The van der Waals surface area contributed by atoms with Gasteiger partial charge in [0, 0.05) is 0 Å². The molecule has 1 nitrogen and oxygen atoms in total. The summed E-state index contributed by atoms with van der Waals surface area (Å²) in [5, 5.41) is 10.0. The van der Waals surface area contributed by atoms with Crippen LogP contribution >= 0.6 is 0 Å². The lowest BCUT2D eigenvalue weighted by atomic mass is 9.61. The van der Waals surface area contributed by atoms with Crippen LogP contribution in [0.1, 0.15) is 86.0 Å². The minimum Gasteiger partial charge on any atom is -0.393 e. The normalized spacial score (nSPS) is 38.2. The van der Waals surface area contributed by atoms with Crippen molar-refractivity contribution in [2.45, 2.75) is 92.1 Å². The number of aliphatic hydroxyl groups excluding tert-OH is 1. The standard InChI is InChI=1S/C28H44O/c1-19(2)20(3)9-10-22(5)26-15-16-27-23(8-7-17-28(26,27)6)12-13-24-18-25(29)14-11-21(24)4/h9-10,12-13,19-20,22,25-27,29H,4,7-8,11,14-18H2,1-3,5-6H3/b10-9+,23-12+,24-13-/t20?,22-,25-,26?,27?,28-/m1/s1. The molecule has 0 radical (unpaired) electrons. The second kappa shape index (κ2) is 9.38. The number of fused-ring (bicyclic) bond motifs is 1. The van der Waals surface area contributed by atoms with Crippen LogP contribution in [0.2, 0.25) is 0 Å². The van der Waals surface area contributed by atoms with Crippen molar-refractivity contribution in [1.82, 2.24) is 0 Å². The van der Waals surface area contributed by atoms with Gasteiger partial charge in [0.15, 0.2) is 0 Å². The third kappa shape index (κ3) is 4.98. The Kier molecular flexibility index (Phi) is 7.31. The van der Waals surface area contributed by atoms with Crippen molar-refractivity contribution in [2.24, 2.45) is 35.0 Å². The SMILES string of the molecule is C=C1CC[C@@H](O)C/C1=C/C=C1\CCC[C@@]2(C)C1CCC2[C@H](C)/C=C/C(C)C(C)C. The van der Waals surface area contributed by atoms with Gasteiger partial charge in [-0.3, -0.25) is 0 Å². The van der Waals surface area contributed by atoms with Gasteiger partial charge in [-0.05, 0) is 91.9 Å². The van der Waals surface area contributed by atoms with Crippen LogP contribution in [0.4, 0.5) is 0 Å². The van der Waals surface area contributed by atoms with Crippen LogP contribution in [0.15, 0.2) is 47.6 Å². The maximum Gasteiger partial charge on any atom is 0.0583 e. The van der Waals surface area contributed by atoms with E-state index in [1.165, 1.54) is 43.3 Å². The molecule has 3 rings (SSSR count). The summed E-state index contributed by atoms with van der Waals surface area (Å²) in [6, 6.07) is 0. The van der Waals surface area contributed by atoms with E-state index in [9.17, 15) is 5.11 Å². The highest BCUT2D eigenvalue weighted by molar-refractivity contribution is 5.36. The zero-order valence-electron chi connectivity index (χ0n) is 19.6. The maximum absolute atomic E-state index is 10.0. The molecule has 0 aliphatic heterocycles. The van der Waals surface area contributed by atoms with Crippen molar-refractivity contribution in [2.75, 3.05) is 0 Å². The molecule has 3 aliphatic carbocycles. The molecule has 0 spiro atoms. The van der Waals surface area contributed by atoms with Gasteiger partial charge in [-0.2, -0.15) is 0 Å². The van der Waals surface area contributed by atoms with Gasteiger partial charge in [-0.1, -0.05) is 76.6 Å². The van der Waals surface area contributed by atoms with Gasteiger partial charge < -0.3 is 5.11 Å². The predicted octanol–water partition coefficient (Wildman–Crippen LogP) is 7.64. The van der Waals surface area contributed by atoms with Crippen LogP contribution in [0.3, 0.4) is 0 Å². The van der Waals surface area contributed by atoms with E-state index in [0.29, 0.717) is 17.3 Å². The smallest absolute Gasteiger partial charge is 0.0583 e. The average Bonchev–Trinajstić information content (AvgIpc) is 3.04. The lowest BCUT2D eigenvalue weighted by molar-refractivity contribution is 0.112. The minimum atomic E-state index is -0.182. The fourth-order valence-electron chi connectivity index (χ4n) is 6.25. The van der Waals surface area contributed by atoms with Crippen LogP contribution in [0, 0.1) is 35.0 Å². The molecule has 3 fully saturated rings. The average molecular weight is 397 g/mol. The van der Waals surface area contributed by atoms with E-state index in [1.54, 1.807) is 5.57 Å². The van der Waals surface area contributed by atoms with Gasteiger partial charge in [0.25, 0.3) is 0 Å². The highest BCUT2D eigenvalue weighted by Gasteiger charge is 2.50. The molecular formula is C28H44O. The Hall–Kier alpha value is -1.08.